The van der Waals surface area contributed by atoms with Gasteiger partial charge in [-0.15, -0.1) is 5.10 Å². The normalized spacial score (nSPS) is 10.9. The van der Waals surface area contributed by atoms with E-state index >= 15 is 0 Å². The zero-order valence-corrected chi connectivity index (χ0v) is 18.2. The third-order valence-electron chi connectivity index (χ3n) is 4.81. The van der Waals surface area contributed by atoms with Crippen LogP contribution >= 0.6 is 11.8 Å². The number of amides is 1. The fourth-order valence-electron chi connectivity index (χ4n) is 3.17. The maximum atomic E-state index is 12.6. The second kappa shape index (κ2) is 9.57. The van der Waals surface area contributed by atoms with Crippen LogP contribution in [-0.2, 0) is 17.8 Å². The van der Waals surface area contributed by atoms with Crippen molar-refractivity contribution in [2.24, 2.45) is 0 Å². The van der Waals surface area contributed by atoms with E-state index in [1.54, 1.807) is 21.6 Å². The van der Waals surface area contributed by atoms with Gasteiger partial charge in [-0.25, -0.2) is 4.68 Å². The third-order valence-corrected chi connectivity index (χ3v) is 5.72. The molecule has 0 radical (unpaired) electrons. The van der Waals surface area contributed by atoms with Gasteiger partial charge in [-0.05, 0) is 53.5 Å². The quantitative estimate of drug-likeness (QED) is 0.428. The molecule has 0 saturated heterocycles. The van der Waals surface area contributed by atoms with E-state index in [0.717, 1.165) is 23.2 Å². The van der Waals surface area contributed by atoms with Gasteiger partial charge in [0.25, 0.3) is 0 Å². The number of carbonyl (C=O) groups excluding carboxylic acids is 1. The van der Waals surface area contributed by atoms with Gasteiger partial charge in [-0.3, -0.25) is 4.79 Å². The van der Waals surface area contributed by atoms with Crippen LogP contribution in [0.3, 0.4) is 0 Å². The van der Waals surface area contributed by atoms with Crippen LogP contribution in [0.4, 0.5) is 5.82 Å². The average Bonchev–Trinajstić information content (AvgIpc) is 3.42. The molecule has 0 spiro atoms. The number of anilines is 1. The Labute approximate surface area is 184 Å². The fourth-order valence-corrected chi connectivity index (χ4v) is 3.86. The van der Waals surface area contributed by atoms with Crippen LogP contribution in [0.5, 0.6) is 0 Å². The van der Waals surface area contributed by atoms with Crippen molar-refractivity contribution in [3.8, 4) is 5.69 Å². The lowest BCUT2D eigenvalue weighted by molar-refractivity contribution is -0.113. The second-order valence-corrected chi connectivity index (χ2v) is 8.12. The van der Waals surface area contributed by atoms with Crippen LogP contribution in [-0.4, -0.2) is 41.6 Å². The van der Waals surface area contributed by atoms with Crippen LogP contribution in [0.25, 0.3) is 5.69 Å². The lowest BCUT2D eigenvalue weighted by atomic mass is 10.1. The standard InChI is InChI=1S/C22H23N7OS/c1-16-8-9-17(2)19(14-16)29-22(25-26-27-29)31-15-21(30)24-20-10-12-23-28(20)13-11-18-6-4-3-5-7-18/h3-10,12,14H,11,13,15H2,1-2H3,(H,24,30). The van der Waals surface area contributed by atoms with Crippen LogP contribution in [0, 0.1) is 13.8 Å². The minimum absolute atomic E-state index is 0.137. The number of nitrogens with zero attached hydrogens (tertiary/aromatic N) is 6. The Bertz CT molecular complexity index is 1170. The molecule has 2 heterocycles. The first kappa shape index (κ1) is 20.8. The molecule has 0 bridgehead atoms. The van der Waals surface area contributed by atoms with Crippen molar-refractivity contribution in [3.63, 3.8) is 0 Å². The van der Waals surface area contributed by atoms with E-state index in [0.29, 0.717) is 17.5 Å². The molecular weight excluding hydrogens is 410 g/mol. The minimum Gasteiger partial charge on any atom is -0.310 e. The van der Waals surface area contributed by atoms with Gasteiger partial charge >= 0.3 is 0 Å². The van der Waals surface area contributed by atoms with Crippen LogP contribution in [0.1, 0.15) is 16.7 Å². The van der Waals surface area contributed by atoms with E-state index in [1.165, 1.54) is 17.3 Å². The van der Waals surface area contributed by atoms with Crippen molar-refractivity contribution in [2.75, 3.05) is 11.1 Å². The molecule has 31 heavy (non-hydrogen) atoms. The summed E-state index contributed by atoms with van der Waals surface area (Å²) in [7, 11) is 0. The van der Waals surface area contributed by atoms with Gasteiger partial charge in [0.1, 0.15) is 5.82 Å². The van der Waals surface area contributed by atoms with Crippen molar-refractivity contribution in [2.45, 2.75) is 32.0 Å². The predicted octanol–water partition coefficient (Wildman–Crippen LogP) is 3.45. The van der Waals surface area contributed by atoms with Gasteiger partial charge in [0, 0.05) is 12.6 Å². The summed E-state index contributed by atoms with van der Waals surface area (Å²) in [5.41, 5.74) is 4.32. The minimum atomic E-state index is -0.137. The number of benzene rings is 2. The molecule has 0 aliphatic carbocycles. The molecule has 0 aliphatic heterocycles. The Kier molecular flexibility index (Phi) is 6.42. The Morgan fingerprint density at radius 3 is 2.77 bits per heavy atom. The first-order valence-electron chi connectivity index (χ1n) is 9.94. The van der Waals surface area contributed by atoms with E-state index in [9.17, 15) is 4.79 Å². The summed E-state index contributed by atoms with van der Waals surface area (Å²) < 4.78 is 3.47. The van der Waals surface area contributed by atoms with Gasteiger partial charge < -0.3 is 5.32 Å². The Morgan fingerprint density at radius 1 is 1.10 bits per heavy atom. The summed E-state index contributed by atoms with van der Waals surface area (Å²) >= 11 is 1.29. The van der Waals surface area contributed by atoms with Gasteiger partial charge in [0.05, 0.1) is 17.6 Å². The van der Waals surface area contributed by atoms with E-state index in [4.69, 9.17) is 0 Å². The molecule has 4 rings (SSSR count). The second-order valence-electron chi connectivity index (χ2n) is 7.18. The smallest absolute Gasteiger partial charge is 0.235 e. The summed E-state index contributed by atoms with van der Waals surface area (Å²) in [6.07, 6.45) is 2.53. The highest BCUT2D eigenvalue weighted by molar-refractivity contribution is 7.99. The summed E-state index contributed by atoms with van der Waals surface area (Å²) in [5, 5.41) is 19.8. The summed E-state index contributed by atoms with van der Waals surface area (Å²) in [6.45, 7) is 4.72. The molecule has 1 N–H and O–H groups in total. The van der Waals surface area contributed by atoms with Crippen molar-refractivity contribution in [3.05, 3.63) is 77.5 Å². The number of aromatic nitrogens is 6. The zero-order valence-electron chi connectivity index (χ0n) is 17.4. The van der Waals surface area contributed by atoms with Crippen LogP contribution in [0.2, 0.25) is 0 Å². The first-order chi connectivity index (χ1) is 15.1. The highest BCUT2D eigenvalue weighted by atomic mass is 32.2. The molecule has 1 amide bonds. The molecule has 0 fully saturated rings. The van der Waals surface area contributed by atoms with Gasteiger partial charge in [-0.2, -0.15) is 9.78 Å². The van der Waals surface area contributed by atoms with Crippen molar-refractivity contribution < 1.29 is 4.79 Å². The van der Waals surface area contributed by atoms with E-state index in [-0.39, 0.29) is 11.7 Å². The Balaban J connectivity index is 1.37. The lowest BCUT2D eigenvalue weighted by Gasteiger charge is -2.10. The monoisotopic (exact) mass is 433 g/mol. The molecule has 0 atom stereocenters. The maximum absolute atomic E-state index is 12.6. The topological polar surface area (TPSA) is 90.5 Å². The molecule has 9 heteroatoms. The Hall–Kier alpha value is -3.46. The number of hydrogen-bond acceptors (Lipinski definition) is 6. The lowest BCUT2D eigenvalue weighted by Crippen LogP contribution is -2.18. The van der Waals surface area contributed by atoms with E-state index < -0.39 is 0 Å². The number of nitrogens with one attached hydrogen (secondary N) is 1. The maximum Gasteiger partial charge on any atom is 0.235 e. The number of carbonyl (C=O) groups is 1. The molecule has 8 nitrogen and oxygen atoms in total. The van der Waals surface area contributed by atoms with Crippen molar-refractivity contribution >= 4 is 23.5 Å². The van der Waals surface area contributed by atoms with Crippen LogP contribution in [0.15, 0.2) is 66.0 Å². The molecule has 0 unspecified atom stereocenters. The largest absolute Gasteiger partial charge is 0.310 e. The summed E-state index contributed by atoms with van der Waals surface area (Å²) in [5.74, 6) is 0.729. The molecule has 0 aliphatic rings. The molecule has 2 aromatic carbocycles. The van der Waals surface area contributed by atoms with Gasteiger partial charge in [-0.1, -0.05) is 54.2 Å². The molecule has 0 saturated carbocycles. The summed E-state index contributed by atoms with van der Waals surface area (Å²) in [4.78, 5) is 12.6. The first-order valence-corrected chi connectivity index (χ1v) is 10.9. The van der Waals surface area contributed by atoms with E-state index in [2.05, 4.69) is 38.1 Å². The number of hydrogen-bond donors (Lipinski definition) is 1. The molecule has 2 aromatic heterocycles. The van der Waals surface area contributed by atoms with Crippen molar-refractivity contribution in [1.29, 1.82) is 0 Å². The van der Waals surface area contributed by atoms with Crippen LogP contribution < -0.4 is 5.32 Å². The number of thioether (sulfide) groups is 1. The predicted molar refractivity (Wildman–Crippen MR) is 120 cm³/mol. The average molecular weight is 434 g/mol. The highest BCUT2D eigenvalue weighted by Crippen LogP contribution is 2.22. The molecule has 4 aromatic rings. The van der Waals surface area contributed by atoms with Gasteiger partial charge in [0.15, 0.2) is 0 Å². The SMILES string of the molecule is Cc1ccc(C)c(-n2nnnc2SCC(=O)Nc2ccnn2CCc2ccccc2)c1. The molecule has 158 valence electrons. The van der Waals surface area contributed by atoms with Crippen molar-refractivity contribution in [1.82, 2.24) is 30.0 Å². The van der Waals surface area contributed by atoms with E-state index in [1.807, 2.05) is 50.2 Å². The fraction of sp³-hybridized carbons (Fsp3) is 0.227. The number of tetrazole rings is 1. The number of aryl methyl sites for hydroxylation is 4. The zero-order chi connectivity index (χ0) is 21.6. The third kappa shape index (κ3) is 5.18. The summed E-state index contributed by atoms with van der Waals surface area (Å²) in [6, 6.07) is 18.1. The highest BCUT2D eigenvalue weighted by Gasteiger charge is 2.14. The molecular formula is C22H23N7OS. The number of rotatable bonds is 8. The van der Waals surface area contributed by atoms with Gasteiger partial charge in [0.2, 0.25) is 11.1 Å². The Morgan fingerprint density at radius 2 is 1.94 bits per heavy atom.